The van der Waals surface area contributed by atoms with Gasteiger partial charge >= 0.3 is 0 Å². The first-order chi connectivity index (χ1) is 6.61. The van der Waals surface area contributed by atoms with Crippen LogP contribution < -0.4 is 0 Å². The Morgan fingerprint density at radius 2 is 2.36 bits per heavy atom. The number of carbonyl (C=O) groups excluding carboxylic acids is 1. The van der Waals surface area contributed by atoms with Gasteiger partial charge in [-0.05, 0) is 0 Å². The van der Waals surface area contributed by atoms with E-state index < -0.39 is 12.1 Å². The fourth-order valence-electron chi connectivity index (χ4n) is 0.934. The van der Waals surface area contributed by atoms with Gasteiger partial charge in [0.05, 0.1) is 5.56 Å². The first kappa shape index (κ1) is 10.7. The normalized spacial score (nSPS) is 10.2. The first-order valence-corrected chi connectivity index (χ1v) is 3.92. The minimum Gasteiger partial charge on any atom is -0.298 e. The van der Waals surface area contributed by atoms with E-state index in [-0.39, 0.29) is 23.5 Å². The molecule has 1 aromatic heterocycles. The van der Waals surface area contributed by atoms with E-state index in [4.69, 9.17) is 18.0 Å². The van der Waals surface area contributed by atoms with Crippen molar-refractivity contribution in [3.8, 4) is 12.3 Å². The minimum atomic E-state index is -2.84. The van der Waals surface area contributed by atoms with Crippen molar-refractivity contribution in [2.75, 3.05) is 0 Å². The van der Waals surface area contributed by atoms with Crippen molar-refractivity contribution in [1.29, 1.82) is 0 Å². The zero-order valence-corrected chi connectivity index (χ0v) is 7.63. The summed E-state index contributed by atoms with van der Waals surface area (Å²) in [5.41, 5.74) is -0.947. The quantitative estimate of drug-likeness (QED) is 0.574. The van der Waals surface area contributed by atoms with Gasteiger partial charge in [-0.15, -0.1) is 6.42 Å². The van der Waals surface area contributed by atoms with Gasteiger partial charge in [0.25, 0.3) is 6.43 Å². The smallest absolute Gasteiger partial charge is 0.282 e. The largest absolute Gasteiger partial charge is 0.298 e. The average Bonchev–Trinajstić information content (AvgIpc) is 2.44. The van der Waals surface area contributed by atoms with Gasteiger partial charge in [0.15, 0.2) is 6.29 Å². The molecule has 1 heterocycles. The summed E-state index contributed by atoms with van der Waals surface area (Å²) in [4.78, 5) is 10.4. The predicted molar refractivity (Wildman–Crippen MR) is 46.4 cm³/mol. The molecule has 0 bridgehead atoms. The van der Waals surface area contributed by atoms with Crippen LogP contribution in [0, 0.1) is 12.3 Å². The van der Waals surface area contributed by atoms with Gasteiger partial charge in [-0.3, -0.25) is 4.79 Å². The summed E-state index contributed by atoms with van der Waals surface area (Å²) in [6.07, 6.45) is 2.36. The van der Waals surface area contributed by atoms with Gasteiger partial charge in [0.1, 0.15) is 17.4 Å². The van der Waals surface area contributed by atoms with Crippen LogP contribution in [0.15, 0.2) is 0 Å². The van der Waals surface area contributed by atoms with Crippen molar-refractivity contribution in [2.24, 2.45) is 0 Å². The van der Waals surface area contributed by atoms with Gasteiger partial charge in [0, 0.05) is 0 Å². The van der Waals surface area contributed by atoms with Crippen molar-refractivity contribution in [2.45, 2.75) is 13.0 Å². The predicted octanol–water partition coefficient (Wildman–Crippen LogP) is 1.92. The number of aldehydes is 1. The monoisotopic (exact) mass is 218 g/mol. The molecule has 0 atom stereocenters. The lowest BCUT2D eigenvalue weighted by Crippen LogP contribution is -1.98. The SMILES string of the molecule is C#CCn1nc(C(F)F)c(C=O)c1Cl. The van der Waals surface area contributed by atoms with Crippen molar-refractivity contribution in [1.82, 2.24) is 9.78 Å². The van der Waals surface area contributed by atoms with Crippen molar-refractivity contribution < 1.29 is 13.6 Å². The second kappa shape index (κ2) is 4.20. The maximum atomic E-state index is 12.3. The summed E-state index contributed by atoms with van der Waals surface area (Å²) in [5, 5.41) is 3.27. The van der Waals surface area contributed by atoms with E-state index in [0.717, 1.165) is 4.68 Å². The second-order valence-corrected chi connectivity index (χ2v) is 2.73. The zero-order chi connectivity index (χ0) is 10.7. The standard InChI is InChI=1S/C8H5ClF2N2O/c1-2-3-13-7(9)5(4-14)6(12-13)8(10)11/h1,4,8H,3H2. The molecule has 0 fully saturated rings. The van der Waals surface area contributed by atoms with Crippen LogP contribution in [0.1, 0.15) is 22.5 Å². The molecule has 0 N–H and O–H groups in total. The number of halogens is 3. The number of aromatic nitrogens is 2. The van der Waals surface area contributed by atoms with Crippen molar-refractivity contribution in [3.63, 3.8) is 0 Å². The number of carbonyl (C=O) groups is 1. The van der Waals surface area contributed by atoms with Crippen molar-refractivity contribution >= 4 is 17.9 Å². The number of terminal acetylenes is 1. The van der Waals surface area contributed by atoms with Crippen LogP contribution in [0.3, 0.4) is 0 Å². The number of nitrogens with zero attached hydrogens (tertiary/aromatic N) is 2. The molecule has 3 nitrogen and oxygen atoms in total. The highest BCUT2D eigenvalue weighted by Crippen LogP contribution is 2.26. The highest BCUT2D eigenvalue weighted by Gasteiger charge is 2.22. The number of alkyl halides is 2. The van der Waals surface area contributed by atoms with Crippen LogP contribution in [0.25, 0.3) is 0 Å². The Morgan fingerprint density at radius 1 is 1.71 bits per heavy atom. The summed E-state index contributed by atoms with van der Waals surface area (Å²) in [5.74, 6) is 2.18. The third kappa shape index (κ3) is 1.75. The summed E-state index contributed by atoms with van der Waals surface area (Å²) in [6, 6.07) is 0. The summed E-state index contributed by atoms with van der Waals surface area (Å²) < 4.78 is 25.6. The maximum absolute atomic E-state index is 12.3. The molecule has 0 aliphatic carbocycles. The van der Waals surface area contributed by atoms with Gasteiger partial charge in [-0.1, -0.05) is 17.5 Å². The van der Waals surface area contributed by atoms with E-state index in [0.29, 0.717) is 0 Å². The molecule has 1 aromatic rings. The number of hydrogen-bond donors (Lipinski definition) is 0. The molecule has 1 rings (SSSR count). The summed E-state index contributed by atoms with van der Waals surface area (Å²) in [7, 11) is 0. The van der Waals surface area contributed by atoms with E-state index in [9.17, 15) is 13.6 Å². The van der Waals surface area contributed by atoms with Gasteiger partial charge in [0.2, 0.25) is 0 Å². The fourth-order valence-corrected chi connectivity index (χ4v) is 1.17. The van der Waals surface area contributed by atoms with E-state index in [1.54, 1.807) is 0 Å². The molecule has 0 radical (unpaired) electrons. The number of hydrogen-bond acceptors (Lipinski definition) is 2. The average molecular weight is 219 g/mol. The van der Waals surface area contributed by atoms with Crippen LogP contribution in [0.2, 0.25) is 5.15 Å². The molecule has 74 valence electrons. The van der Waals surface area contributed by atoms with E-state index in [1.807, 2.05) is 0 Å². The molecule has 6 heteroatoms. The molecule has 0 unspecified atom stereocenters. The highest BCUT2D eigenvalue weighted by atomic mass is 35.5. The third-order valence-corrected chi connectivity index (χ3v) is 1.92. The van der Waals surface area contributed by atoms with Crippen molar-refractivity contribution in [3.05, 3.63) is 16.4 Å². The Morgan fingerprint density at radius 3 is 2.71 bits per heavy atom. The molecule has 0 aromatic carbocycles. The summed E-state index contributed by atoms with van der Waals surface area (Å²) in [6.45, 7) is -0.0492. The van der Waals surface area contributed by atoms with Crippen LogP contribution >= 0.6 is 11.6 Å². The third-order valence-electron chi connectivity index (χ3n) is 1.52. The zero-order valence-electron chi connectivity index (χ0n) is 6.88. The van der Waals surface area contributed by atoms with Gasteiger partial charge < -0.3 is 0 Å². The van der Waals surface area contributed by atoms with E-state index >= 15 is 0 Å². The van der Waals surface area contributed by atoms with E-state index in [1.165, 1.54) is 0 Å². The Kier molecular flexibility index (Phi) is 3.20. The Labute approximate surface area is 83.7 Å². The topological polar surface area (TPSA) is 34.9 Å². The summed E-state index contributed by atoms with van der Waals surface area (Å²) >= 11 is 5.59. The van der Waals surface area contributed by atoms with Gasteiger partial charge in [-0.25, -0.2) is 13.5 Å². The molecule has 0 amide bonds. The lowest BCUT2D eigenvalue weighted by molar-refractivity contribution is 0.110. The second-order valence-electron chi connectivity index (χ2n) is 2.37. The molecule has 0 spiro atoms. The lowest BCUT2D eigenvalue weighted by Gasteiger charge is -1.94. The molecular weight excluding hydrogens is 214 g/mol. The van der Waals surface area contributed by atoms with Gasteiger partial charge in [-0.2, -0.15) is 5.10 Å². The highest BCUT2D eigenvalue weighted by molar-refractivity contribution is 6.32. The number of rotatable bonds is 3. The molecule has 14 heavy (non-hydrogen) atoms. The first-order valence-electron chi connectivity index (χ1n) is 3.54. The van der Waals surface area contributed by atoms with Crippen LogP contribution in [-0.4, -0.2) is 16.1 Å². The molecular formula is C8H5ClF2N2O. The molecule has 0 saturated carbocycles. The Hall–Kier alpha value is -1.41. The Balaban J connectivity index is 3.25. The maximum Gasteiger partial charge on any atom is 0.282 e. The molecule has 0 saturated heterocycles. The van der Waals surface area contributed by atoms with E-state index in [2.05, 4.69) is 11.0 Å². The van der Waals surface area contributed by atoms with Crippen LogP contribution in [-0.2, 0) is 6.54 Å². The molecule has 0 aliphatic heterocycles. The van der Waals surface area contributed by atoms with Crippen LogP contribution in [0.4, 0.5) is 8.78 Å². The van der Waals surface area contributed by atoms with Crippen LogP contribution in [0.5, 0.6) is 0 Å². The fraction of sp³-hybridized carbons (Fsp3) is 0.250. The lowest BCUT2D eigenvalue weighted by atomic mass is 10.3. The minimum absolute atomic E-state index is 0.0492. The Bertz CT molecular complexity index is 395. The molecule has 0 aliphatic rings.